The topological polar surface area (TPSA) is 29.5 Å². The van der Waals surface area contributed by atoms with Gasteiger partial charge in [0.2, 0.25) is 5.91 Å². The smallest absolute Gasteiger partial charge is 0.223 e. The molecule has 2 atom stereocenters. The molecule has 3 nitrogen and oxygen atoms in total. The first-order valence-electron chi connectivity index (χ1n) is 10.4. The van der Waals surface area contributed by atoms with Crippen molar-refractivity contribution in [3.05, 3.63) is 35.4 Å². The molecule has 1 aromatic carbocycles. The molecule has 27 heavy (non-hydrogen) atoms. The van der Waals surface area contributed by atoms with Crippen molar-refractivity contribution in [2.75, 3.05) is 0 Å². The maximum atomic E-state index is 13.0. The molecule has 0 bridgehead atoms. The Morgan fingerprint density at radius 3 is 2.33 bits per heavy atom. The number of fused-ring (bicyclic) bond motifs is 1. The van der Waals surface area contributed by atoms with Gasteiger partial charge < -0.3 is 9.33 Å². The number of hydrogen-bond donors (Lipinski definition) is 0. The Kier molecular flexibility index (Phi) is 4.92. The lowest BCUT2D eigenvalue weighted by Gasteiger charge is -2.48. The fraction of sp³-hybridized carbons (Fsp3) is 0.696. The summed E-state index contributed by atoms with van der Waals surface area (Å²) >= 11 is 0. The lowest BCUT2D eigenvalue weighted by atomic mass is 9.83. The Balaban J connectivity index is 1.97. The number of aryl methyl sites for hydroxylation is 1. The molecule has 0 radical (unpaired) electrons. The van der Waals surface area contributed by atoms with Crippen molar-refractivity contribution < 1.29 is 9.22 Å². The summed E-state index contributed by atoms with van der Waals surface area (Å²) in [5, 5.41) is 0.158. The lowest BCUT2D eigenvalue weighted by Crippen LogP contribution is -2.57. The van der Waals surface area contributed by atoms with E-state index in [0.717, 1.165) is 19.3 Å². The van der Waals surface area contributed by atoms with Crippen LogP contribution in [0.3, 0.4) is 0 Å². The van der Waals surface area contributed by atoms with Gasteiger partial charge in [-0.05, 0) is 69.3 Å². The molecule has 4 heteroatoms. The second kappa shape index (κ2) is 6.45. The zero-order valence-corrected chi connectivity index (χ0v) is 19.5. The molecule has 3 rings (SSSR count). The van der Waals surface area contributed by atoms with E-state index in [1.807, 2.05) is 0 Å². The molecule has 0 spiro atoms. The number of benzene rings is 1. The average molecular weight is 388 g/mol. The van der Waals surface area contributed by atoms with Crippen molar-refractivity contribution in [1.82, 2.24) is 4.90 Å². The first kappa shape index (κ1) is 20.6. The lowest BCUT2D eigenvalue weighted by molar-refractivity contribution is -0.136. The van der Waals surface area contributed by atoms with Crippen LogP contribution in [0.2, 0.25) is 18.1 Å². The average Bonchev–Trinajstić information content (AvgIpc) is 3.05. The predicted molar refractivity (Wildman–Crippen MR) is 114 cm³/mol. The van der Waals surface area contributed by atoms with Crippen LogP contribution in [-0.2, 0) is 14.8 Å². The molecule has 0 unspecified atom stereocenters. The number of amides is 1. The van der Waals surface area contributed by atoms with Gasteiger partial charge >= 0.3 is 0 Å². The van der Waals surface area contributed by atoms with Crippen LogP contribution in [0, 0.1) is 6.92 Å². The molecule has 1 aromatic rings. The minimum absolute atomic E-state index is 0.138. The SMILES string of the molecule is Cc1ccccc1[C@@]12CCC(=O)N1[C@@H](C(C)(C)O[Si](C)(C)C(C)(C)C)CC2. The normalized spacial score (nSPS) is 26.6. The summed E-state index contributed by atoms with van der Waals surface area (Å²) < 4.78 is 6.89. The van der Waals surface area contributed by atoms with Gasteiger partial charge in [0.25, 0.3) is 0 Å². The third kappa shape index (κ3) is 3.29. The van der Waals surface area contributed by atoms with E-state index in [0.29, 0.717) is 12.3 Å². The quantitative estimate of drug-likeness (QED) is 0.613. The van der Waals surface area contributed by atoms with E-state index < -0.39 is 8.32 Å². The van der Waals surface area contributed by atoms with Crippen molar-refractivity contribution in [2.24, 2.45) is 0 Å². The van der Waals surface area contributed by atoms with Crippen molar-refractivity contribution >= 4 is 14.2 Å². The van der Waals surface area contributed by atoms with Gasteiger partial charge in [0.15, 0.2) is 8.32 Å². The summed E-state index contributed by atoms with van der Waals surface area (Å²) in [6, 6.07) is 8.75. The maximum Gasteiger partial charge on any atom is 0.223 e. The summed E-state index contributed by atoms with van der Waals surface area (Å²) in [4.78, 5) is 15.3. The molecule has 0 aliphatic carbocycles. The number of hydrogen-bond acceptors (Lipinski definition) is 2. The number of carbonyl (C=O) groups excluding carboxylic acids is 1. The monoisotopic (exact) mass is 387 g/mol. The first-order chi connectivity index (χ1) is 12.3. The fourth-order valence-corrected chi connectivity index (χ4v) is 6.80. The highest BCUT2D eigenvalue weighted by atomic mass is 28.4. The third-order valence-electron chi connectivity index (χ3n) is 7.40. The van der Waals surface area contributed by atoms with E-state index >= 15 is 0 Å². The van der Waals surface area contributed by atoms with E-state index in [1.54, 1.807) is 0 Å². The molecule has 2 heterocycles. The Hall–Kier alpha value is -1.13. The number of nitrogens with zero attached hydrogens (tertiary/aromatic N) is 1. The van der Waals surface area contributed by atoms with Crippen LogP contribution in [0.4, 0.5) is 0 Å². The maximum absolute atomic E-state index is 13.0. The van der Waals surface area contributed by atoms with Gasteiger partial charge in [-0.3, -0.25) is 4.79 Å². The van der Waals surface area contributed by atoms with Gasteiger partial charge in [0, 0.05) is 6.42 Å². The Morgan fingerprint density at radius 1 is 1.11 bits per heavy atom. The summed E-state index contributed by atoms with van der Waals surface area (Å²) in [6.07, 6.45) is 3.64. The van der Waals surface area contributed by atoms with Crippen LogP contribution in [0.5, 0.6) is 0 Å². The van der Waals surface area contributed by atoms with Gasteiger partial charge in [0.05, 0.1) is 17.2 Å². The van der Waals surface area contributed by atoms with Crippen LogP contribution in [-0.4, -0.2) is 30.8 Å². The van der Waals surface area contributed by atoms with Crippen molar-refractivity contribution in [3.63, 3.8) is 0 Å². The Labute approximate surface area is 166 Å². The largest absolute Gasteiger partial charge is 0.410 e. The van der Waals surface area contributed by atoms with Gasteiger partial charge in [-0.25, -0.2) is 0 Å². The molecule has 1 amide bonds. The minimum atomic E-state index is -1.93. The summed E-state index contributed by atoms with van der Waals surface area (Å²) in [5.74, 6) is 0.299. The molecule has 2 aliphatic rings. The molecule has 0 saturated carbocycles. The second-order valence-corrected chi connectivity index (χ2v) is 15.4. The second-order valence-electron chi connectivity index (χ2n) is 10.6. The minimum Gasteiger partial charge on any atom is -0.410 e. The molecular weight excluding hydrogens is 350 g/mol. The molecule has 0 aromatic heterocycles. The Morgan fingerprint density at radius 2 is 1.74 bits per heavy atom. The van der Waals surface area contributed by atoms with Crippen LogP contribution in [0.1, 0.15) is 71.4 Å². The zero-order valence-electron chi connectivity index (χ0n) is 18.5. The molecule has 2 aliphatic heterocycles. The molecule has 150 valence electrons. The first-order valence-corrected chi connectivity index (χ1v) is 13.3. The van der Waals surface area contributed by atoms with Gasteiger partial charge in [-0.2, -0.15) is 0 Å². The molecule has 2 fully saturated rings. The summed E-state index contributed by atoms with van der Waals surface area (Å²) in [7, 11) is -1.93. The predicted octanol–water partition coefficient (Wildman–Crippen LogP) is 5.78. The van der Waals surface area contributed by atoms with Gasteiger partial charge in [-0.1, -0.05) is 45.0 Å². The Bertz CT molecular complexity index is 734. The van der Waals surface area contributed by atoms with Crippen molar-refractivity contribution in [1.29, 1.82) is 0 Å². The van der Waals surface area contributed by atoms with Gasteiger partial charge in [0.1, 0.15) is 0 Å². The molecule has 2 saturated heterocycles. The fourth-order valence-electron chi connectivity index (χ4n) is 5.05. The highest BCUT2D eigenvalue weighted by Crippen LogP contribution is 2.54. The molecular formula is C23H37NO2Si. The highest BCUT2D eigenvalue weighted by Gasteiger charge is 2.58. The van der Waals surface area contributed by atoms with Crippen LogP contribution >= 0.6 is 0 Å². The third-order valence-corrected chi connectivity index (χ3v) is 12.0. The molecule has 0 N–H and O–H groups in total. The van der Waals surface area contributed by atoms with E-state index in [4.69, 9.17) is 4.43 Å². The number of rotatable bonds is 4. The summed E-state index contributed by atoms with van der Waals surface area (Å²) in [5.41, 5.74) is 2.15. The number of carbonyl (C=O) groups is 1. The van der Waals surface area contributed by atoms with E-state index in [1.165, 1.54) is 11.1 Å². The van der Waals surface area contributed by atoms with E-state index in [9.17, 15) is 4.79 Å². The standard InChI is InChI=1S/C23H37NO2Si/c1-17-11-9-10-12-18(17)23-15-13-19(24(23)20(25)14-16-23)22(5,6)26-27(7,8)21(2,3)4/h9-12,19H,13-16H2,1-8H3/t19-,23-/m1/s1. The van der Waals surface area contributed by atoms with Crippen LogP contribution in [0.15, 0.2) is 24.3 Å². The van der Waals surface area contributed by atoms with E-state index in [2.05, 4.69) is 83.8 Å². The van der Waals surface area contributed by atoms with Crippen LogP contribution < -0.4 is 0 Å². The van der Waals surface area contributed by atoms with Crippen molar-refractivity contribution in [2.45, 2.75) is 103 Å². The van der Waals surface area contributed by atoms with E-state index in [-0.39, 0.29) is 22.2 Å². The van der Waals surface area contributed by atoms with Gasteiger partial charge in [-0.15, -0.1) is 0 Å². The zero-order chi connectivity index (χ0) is 20.3. The summed E-state index contributed by atoms with van der Waals surface area (Å²) in [6.45, 7) is 18.0. The van der Waals surface area contributed by atoms with Crippen molar-refractivity contribution in [3.8, 4) is 0 Å². The highest BCUT2D eigenvalue weighted by molar-refractivity contribution is 6.74. The van der Waals surface area contributed by atoms with Crippen LogP contribution in [0.25, 0.3) is 0 Å².